The zero-order valence-corrected chi connectivity index (χ0v) is 7.78. The van der Waals surface area contributed by atoms with Gasteiger partial charge in [-0.25, -0.2) is 13.6 Å². The molecule has 0 atom stereocenters. The molecule has 14 heavy (non-hydrogen) atoms. The Labute approximate surface area is 80.2 Å². The summed E-state index contributed by atoms with van der Waals surface area (Å²) in [6.07, 6.45) is 0. The summed E-state index contributed by atoms with van der Waals surface area (Å²) in [5.41, 5.74) is 4.74. The van der Waals surface area contributed by atoms with Gasteiger partial charge in [-0.1, -0.05) is 0 Å². The Hall–Kier alpha value is -1.60. The molecule has 0 bridgehead atoms. The minimum atomic E-state index is -3.88. The van der Waals surface area contributed by atoms with Crippen LogP contribution in [0, 0.1) is 0 Å². The van der Waals surface area contributed by atoms with Crippen LogP contribution in [0.2, 0.25) is 0 Å². The quantitative estimate of drug-likeness (QED) is 0.594. The summed E-state index contributed by atoms with van der Waals surface area (Å²) in [5.74, 6) is -1.35. The van der Waals surface area contributed by atoms with Crippen LogP contribution in [0.3, 0.4) is 0 Å². The van der Waals surface area contributed by atoms with Crippen LogP contribution < -0.4 is 10.9 Å². The minimum absolute atomic E-state index is 0.155. The number of carbonyl (C=O) groups is 1. The fraction of sp³-hybridized carbons (Fsp3) is 0. The summed E-state index contributed by atoms with van der Waals surface area (Å²) < 4.78 is 21.6. The van der Waals surface area contributed by atoms with E-state index in [4.69, 9.17) is 10.9 Å². The lowest BCUT2D eigenvalue weighted by Gasteiger charge is -2.02. The number of rotatable bonds is 2. The Morgan fingerprint density at radius 1 is 1.36 bits per heavy atom. The van der Waals surface area contributed by atoms with E-state index >= 15 is 0 Å². The van der Waals surface area contributed by atoms with E-state index in [1.807, 2.05) is 0 Å². The van der Waals surface area contributed by atoms with Crippen molar-refractivity contribution >= 4 is 15.9 Å². The van der Waals surface area contributed by atoms with Gasteiger partial charge in [-0.15, -0.1) is 0 Å². The molecule has 1 amide bonds. The summed E-state index contributed by atoms with van der Waals surface area (Å²) in [6.45, 7) is 0. The van der Waals surface area contributed by atoms with E-state index < -0.39 is 21.7 Å². The van der Waals surface area contributed by atoms with E-state index in [2.05, 4.69) is 0 Å². The van der Waals surface area contributed by atoms with Gasteiger partial charge in [-0.05, 0) is 12.1 Å². The predicted octanol–water partition coefficient (Wildman–Crippen LogP) is -0.861. The second-order valence-corrected chi connectivity index (χ2v) is 4.15. The van der Waals surface area contributed by atoms with Crippen molar-refractivity contribution in [2.45, 2.75) is 4.90 Å². The molecule has 76 valence electrons. The number of amides is 1. The van der Waals surface area contributed by atoms with Crippen molar-refractivity contribution in [2.24, 2.45) is 10.9 Å². The number of hydrogen-bond donors (Lipinski definition) is 3. The van der Waals surface area contributed by atoms with E-state index in [1.54, 1.807) is 0 Å². The molecule has 6 nitrogen and oxygen atoms in total. The molecule has 0 spiro atoms. The topological polar surface area (TPSA) is 123 Å². The second-order valence-electron chi connectivity index (χ2n) is 2.59. The fourth-order valence-electron chi connectivity index (χ4n) is 0.897. The number of primary sulfonamides is 1. The first-order valence-corrected chi connectivity index (χ1v) is 5.02. The zero-order chi connectivity index (χ0) is 10.9. The molecule has 0 aliphatic heterocycles. The molecular weight excluding hydrogens is 208 g/mol. The number of hydrogen-bond acceptors (Lipinski definition) is 4. The van der Waals surface area contributed by atoms with E-state index in [0.29, 0.717) is 0 Å². The number of sulfonamides is 1. The van der Waals surface area contributed by atoms with Crippen molar-refractivity contribution in [3.05, 3.63) is 23.8 Å². The summed E-state index contributed by atoms with van der Waals surface area (Å²) >= 11 is 0. The molecule has 0 aliphatic carbocycles. The first-order chi connectivity index (χ1) is 6.32. The smallest absolute Gasteiger partial charge is 0.252 e. The zero-order valence-electron chi connectivity index (χ0n) is 6.97. The maximum Gasteiger partial charge on any atom is 0.252 e. The van der Waals surface area contributed by atoms with Gasteiger partial charge < -0.3 is 10.8 Å². The van der Waals surface area contributed by atoms with Crippen LogP contribution >= 0.6 is 0 Å². The maximum absolute atomic E-state index is 10.8. The minimum Gasteiger partial charge on any atom is -0.507 e. The fourth-order valence-corrected chi connectivity index (χ4v) is 1.43. The van der Waals surface area contributed by atoms with Crippen LogP contribution in [0.4, 0.5) is 0 Å². The molecule has 7 heteroatoms. The predicted molar refractivity (Wildman–Crippen MR) is 48.0 cm³/mol. The lowest BCUT2D eigenvalue weighted by molar-refractivity contribution is 0.0997. The highest BCUT2D eigenvalue weighted by atomic mass is 32.2. The molecule has 0 heterocycles. The van der Waals surface area contributed by atoms with Crippen molar-refractivity contribution in [1.82, 2.24) is 0 Å². The second kappa shape index (κ2) is 3.28. The highest BCUT2D eigenvalue weighted by molar-refractivity contribution is 7.89. The molecule has 0 fully saturated rings. The Morgan fingerprint density at radius 3 is 2.29 bits per heavy atom. The molecule has 0 saturated heterocycles. The molecule has 0 radical (unpaired) electrons. The SMILES string of the molecule is NC(=O)c1ccc(S(N)(=O)=O)cc1O. The molecule has 1 aromatic carbocycles. The van der Waals surface area contributed by atoms with Gasteiger partial charge in [0.2, 0.25) is 10.0 Å². The Morgan fingerprint density at radius 2 is 1.93 bits per heavy atom. The highest BCUT2D eigenvalue weighted by Crippen LogP contribution is 2.20. The van der Waals surface area contributed by atoms with Gasteiger partial charge in [0.25, 0.3) is 5.91 Å². The summed E-state index contributed by atoms with van der Waals surface area (Å²) in [7, 11) is -3.88. The number of carbonyl (C=O) groups excluding carboxylic acids is 1. The van der Waals surface area contributed by atoms with Crippen LogP contribution in [0.25, 0.3) is 0 Å². The summed E-state index contributed by atoms with van der Waals surface area (Å²) in [4.78, 5) is 10.4. The number of nitrogens with two attached hydrogens (primary N) is 2. The number of aromatic hydroxyl groups is 1. The number of primary amides is 1. The molecule has 0 aromatic heterocycles. The maximum atomic E-state index is 10.8. The van der Waals surface area contributed by atoms with Gasteiger partial charge in [0.15, 0.2) is 0 Å². The first-order valence-electron chi connectivity index (χ1n) is 3.48. The average molecular weight is 216 g/mol. The van der Waals surface area contributed by atoms with Gasteiger partial charge >= 0.3 is 0 Å². The Balaban J connectivity index is 3.34. The largest absolute Gasteiger partial charge is 0.507 e. The van der Waals surface area contributed by atoms with Crippen LogP contribution in [-0.2, 0) is 10.0 Å². The van der Waals surface area contributed by atoms with Crippen LogP contribution in [0.5, 0.6) is 5.75 Å². The van der Waals surface area contributed by atoms with Crippen LogP contribution in [-0.4, -0.2) is 19.4 Å². The lowest BCUT2D eigenvalue weighted by atomic mass is 10.2. The average Bonchev–Trinajstić information content (AvgIpc) is 2.01. The van der Waals surface area contributed by atoms with Gasteiger partial charge in [0.05, 0.1) is 10.5 Å². The van der Waals surface area contributed by atoms with Crippen molar-refractivity contribution < 1.29 is 18.3 Å². The Bertz CT molecular complexity index is 480. The van der Waals surface area contributed by atoms with E-state index in [-0.39, 0.29) is 10.5 Å². The van der Waals surface area contributed by atoms with Crippen LogP contribution in [0.1, 0.15) is 10.4 Å². The monoisotopic (exact) mass is 216 g/mol. The standard InChI is InChI=1S/C7H8N2O4S/c8-7(11)5-2-1-4(3-6(5)10)14(9,12)13/h1-3,10H,(H2,8,11)(H2,9,12,13). The van der Waals surface area contributed by atoms with E-state index in [0.717, 1.165) is 18.2 Å². The first kappa shape index (κ1) is 10.5. The molecule has 1 rings (SSSR count). The molecule has 0 saturated carbocycles. The summed E-state index contributed by atoms with van der Waals surface area (Å²) in [6, 6.07) is 3.06. The normalized spacial score (nSPS) is 11.2. The van der Waals surface area contributed by atoms with Gasteiger partial charge in [-0.2, -0.15) is 0 Å². The number of phenols is 1. The van der Waals surface area contributed by atoms with Crippen molar-refractivity contribution in [2.75, 3.05) is 0 Å². The Kier molecular flexibility index (Phi) is 2.45. The highest BCUT2D eigenvalue weighted by Gasteiger charge is 2.13. The molecular formula is C7H8N2O4S. The van der Waals surface area contributed by atoms with Gasteiger partial charge in [0.1, 0.15) is 5.75 Å². The van der Waals surface area contributed by atoms with Crippen molar-refractivity contribution in [3.63, 3.8) is 0 Å². The van der Waals surface area contributed by atoms with E-state index in [1.165, 1.54) is 0 Å². The van der Waals surface area contributed by atoms with Crippen molar-refractivity contribution in [3.8, 4) is 5.75 Å². The van der Waals surface area contributed by atoms with Crippen molar-refractivity contribution in [1.29, 1.82) is 0 Å². The third-order valence-corrected chi connectivity index (χ3v) is 2.47. The molecule has 5 N–H and O–H groups in total. The summed E-state index contributed by atoms with van der Waals surface area (Å²) in [5, 5.41) is 14.0. The van der Waals surface area contributed by atoms with Gasteiger partial charge in [-0.3, -0.25) is 4.79 Å². The van der Waals surface area contributed by atoms with Crippen LogP contribution in [0.15, 0.2) is 23.1 Å². The van der Waals surface area contributed by atoms with Gasteiger partial charge in [0, 0.05) is 6.07 Å². The lowest BCUT2D eigenvalue weighted by Crippen LogP contribution is -2.14. The van der Waals surface area contributed by atoms with E-state index in [9.17, 15) is 18.3 Å². The third kappa shape index (κ3) is 2.01. The third-order valence-electron chi connectivity index (χ3n) is 1.56. The number of benzene rings is 1. The molecule has 0 aliphatic rings. The molecule has 1 aromatic rings. The molecule has 0 unspecified atom stereocenters.